The molecule has 78 valence electrons. The molecule has 1 rings (SSSR count). The van der Waals surface area contributed by atoms with Crippen LogP contribution in [-0.4, -0.2) is 16.8 Å². The van der Waals surface area contributed by atoms with E-state index in [1.165, 1.54) is 12.1 Å². The van der Waals surface area contributed by atoms with Crippen molar-refractivity contribution in [3.63, 3.8) is 0 Å². The predicted molar refractivity (Wildman–Crippen MR) is 56.8 cm³/mol. The minimum atomic E-state index is -0.916. The van der Waals surface area contributed by atoms with Gasteiger partial charge < -0.3 is 15.9 Å². The van der Waals surface area contributed by atoms with Crippen LogP contribution in [0.25, 0.3) is 0 Å². The third-order valence-electron chi connectivity index (χ3n) is 2.00. The lowest BCUT2D eigenvalue weighted by molar-refractivity contribution is 0.210. The van der Waals surface area contributed by atoms with E-state index in [2.05, 4.69) is 0 Å². The van der Waals surface area contributed by atoms with Gasteiger partial charge in [0.05, 0.1) is 22.2 Å². The number of hydrogen-bond donors (Lipinski definition) is 3. The Morgan fingerprint density at radius 3 is 2.14 bits per heavy atom. The van der Waals surface area contributed by atoms with Crippen LogP contribution in [0.15, 0.2) is 12.1 Å². The molecule has 4 N–H and O–H groups in total. The third kappa shape index (κ3) is 2.12. The van der Waals surface area contributed by atoms with Crippen LogP contribution < -0.4 is 5.73 Å². The second-order valence-electron chi connectivity index (χ2n) is 3.36. The van der Waals surface area contributed by atoms with Gasteiger partial charge in [-0.3, -0.25) is 0 Å². The number of benzene rings is 1. The van der Waals surface area contributed by atoms with E-state index >= 15 is 0 Å². The van der Waals surface area contributed by atoms with E-state index in [0.29, 0.717) is 5.56 Å². The average Bonchev–Trinajstić information content (AvgIpc) is 2.13. The monoisotopic (exact) mass is 235 g/mol. The van der Waals surface area contributed by atoms with Gasteiger partial charge in [-0.15, -0.1) is 0 Å². The van der Waals surface area contributed by atoms with Crippen molar-refractivity contribution in [2.24, 2.45) is 5.73 Å². The number of halogens is 2. The minimum Gasteiger partial charge on any atom is -0.505 e. The summed E-state index contributed by atoms with van der Waals surface area (Å²) < 4.78 is 0. The fourth-order valence-corrected chi connectivity index (χ4v) is 1.47. The SMILES string of the molecule is CC(N)(CO)c1cc(Cl)c(O)c(Cl)c1. The zero-order valence-corrected chi connectivity index (χ0v) is 9.10. The third-order valence-corrected chi connectivity index (χ3v) is 2.58. The molecule has 0 saturated carbocycles. The normalized spacial score (nSPS) is 15.2. The van der Waals surface area contributed by atoms with Crippen molar-refractivity contribution in [3.8, 4) is 5.75 Å². The Labute approximate surface area is 92.1 Å². The highest BCUT2D eigenvalue weighted by molar-refractivity contribution is 6.37. The van der Waals surface area contributed by atoms with Crippen LogP contribution in [0.2, 0.25) is 10.0 Å². The van der Waals surface area contributed by atoms with Crippen LogP contribution in [0.5, 0.6) is 5.75 Å². The molecule has 0 aliphatic heterocycles. The fourth-order valence-electron chi connectivity index (χ4n) is 0.987. The summed E-state index contributed by atoms with van der Waals surface area (Å²) >= 11 is 11.4. The second kappa shape index (κ2) is 3.95. The van der Waals surface area contributed by atoms with Gasteiger partial charge in [0.25, 0.3) is 0 Å². The highest BCUT2D eigenvalue weighted by Crippen LogP contribution is 2.35. The molecule has 0 spiro atoms. The molecule has 0 bridgehead atoms. The van der Waals surface area contributed by atoms with Crippen LogP contribution in [0.3, 0.4) is 0 Å². The van der Waals surface area contributed by atoms with Crippen molar-refractivity contribution >= 4 is 23.2 Å². The number of nitrogens with two attached hydrogens (primary N) is 1. The van der Waals surface area contributed by atoms with Crippen molar-refractivity contribution in [1.82, 2.24) is 0 Å². The Bertz CT molecular complexity index is 330. The molecule has 0 saturated heterocycles. The maximum absolute atomic E-state index is 9.30. The number of phenols is 1. The Balaban J connectivity index is 3.26. The first-order chi connectivity index (χ1) is 6.38. The van der Waals surface area contributed by atoms with Crippen LogP contribution in [0.4, 0.5) is 0 Å². The van der Waals surface area contributed by atoms with E-state index in [0.717, 1.165) is 0 Å². The van der Waals surface area contributed by atoms with Gasteiger partial charge >= 0.3 is 0 Å². The van der Waals surface area contributed by atoms with Crippen molar-refractivity contribution in [2.75, 3.05) is 6.61 Å². The number of rotatable bonds is 2. The lowest BCUT2D eigenvalue weighted by atomic mass is 9.94. The van der Waals surface area contributed by atoms with Gasteiger partial charge in [0.1, 0.15) is 0 Å². The van der Waals surface area contributed by atoms with Gasteiger partial charge in [0, 0.05) is 0 Å². The van der Waals surface area contributed by atoms with Gasteiger partial charge in [-0.1, -0.05) is 23.2 Å². The fraction of sp³-hybridized carbons (Fsp3) is 0.333. The van der Waals surface area contributed by atoms with Crippen molar-refractivity contribution in [1.29, 1.82) is 0 Å². The molecular weight excluding hydrogens is 225 g/mol. The summed E-state index contributed by atoms with van der Waals surface area (Å²) in [5, 5.41) is 18.6. The van der Waals surface area contributed by atoms with Crippen molar-refractivity contribution in [3.05, 3.63) is 27.7 Å². The maximum Gasteiger partial charge on any atom is 0.152 e. The smallest absolute Gasteiger partial charge is 0.152 e. The molecule has 0 aromatic heterocycles. The van der Waals surface area contributed by atoms with Crippen LogP contribution in [0.1, 0.15) is 12.5 Å². The average molecular weight is 236 g/mol. The lowest BCUT2D eigenvalue weighted by Crippen LogP contribution is -2.36. The first-order valence-corrected chi connectivity index (χ1v) is 4.72. The highest BCUT2D eigenvalue weighted by atomic mass is 35.5. The van der Waals surface area contributed by atoms with Crippen molar-refractivity contribution < 1.29 is 10.2 Å². The summed E-state index contributed by atoms with van der Waals surface area (Å²) in [6.07, 6.45) is 0. The first kappa shape index (κ1) is 11.6. The number of aromatic hydroxyl groups is 1. The zero-order chi connectivity index (χ0) is 10.9. The Kier molecular flexibility index (Phi) is 3.27. The second-order valence-corrected chi connectivity index (χ2v) is 4.18. The molecule has 1 aromatic rings. The van der Waals surface area contributed by atoms with Gasteiger partial charge in [-0.25, -0.2) is 0 Å². The molecule has 14 heavy (non-hydrogen) atoms. The maximum atomic E-state index is 9.30. The molecule has 3 nitrogen and oxygen atoms in total. The van der Waals surface area contributed by atoms with E-state index in [-0.39, 0.29) is 22.4 Å². The molecular formula is C9H11Cl2NO2. The van der Waals surface area contributed by atoms with Crippen LogP contribution >= 0.6 is 23.2 Å². The quantitative estimate of drug-likeness (QED) is 0.734. The summed E-state index contributed by atoms with van der Waals surface area (Å²) in [4.78, 5) is 0. The van der Waals surface area contributed by atoms with Crippen LogP contribution in [0, 0.1) is 0 Å². The van der Waals surface area contributed by atoms with Crippen LogP contribution in [-0.2, 0) is 5.54 Å². The molecule has 0 radical (unpaired) electrons. The molecule has 5 heteroatoms. The lowest BCUT2D eigenvalue weighted by Gasteiger charge is -2.23. The number of phenolic OH excluding ortho intramolecular Hbond substituents is 1. The molecule has 0 fully saturated rings. The van der Waals surface area contributed by atoms with Gasteiger partial charge in [-0.2, -0.15) is 0 Å². The number of hydrogen-bond acceptors (Lipinski definition) is 3. The summed E-state index contributed by atoms with van der Waals surface area (Å²) in [7, 11) is 0. The summed E-state index contributed by atoms with van der Waals surface area (Å²) in [6.45, 7) is 1.41. The summed E-state index contributed by atoms with van der Waals surface area (Å²) in [5.41, 5.74) is 5.44. The highest BCUT2D eigenvalue weighted by Gasteiger charge is 2.22. The Morgan fingerprint density at radius 1 is 1.36 bits per heavy atom. The van der Waals surface area contributed by atoms with E-state index in [4.69, 9.17) is 34.0 Å². The summed E-state index contributed by atoms with van der Waals surface area (Å²) in [5.74, 6) is -0.175. The standard InChI is InChI=1S/C9H11Cl2NO2/c1-9(12,4-13)5-2-6(10)8(14)7(11)3-5/h2-3,13-14H,4,12H2,1H3. The number of aliphatic hydroxyl groups is 1. The molecule has 1 aromatic carbocycles. The Hall–Kier alpha value is -0.480. The summed E-state index contributed by atoms with van der Waals surface area (Å²) in [6, 6.07) is 2.97. The molecule has 0 aliphatic carbocycles. The molecule has 0 heterocycles. The molecule has 0 amide bonds. The van der Waals surface area contributed by atoms with E-state index in [1.807, 2.05) is 0 Å². The molecule has 1 unspecified atom stereocenters. The minimum absolute atomic E-state index is 0.123. The first-order valence-electron chi connectivity index (χ1n) is 3.96. The molecule has 0 aliphatic rings. The number of aliphatic hydroxyl groups excluding tert-OH is 1. The van der Waals surface area contributed by atoms with E-state index in [1.54, 1.807) is 6.92 Å². The van der Waals surface area contributed by atoms with Gasteiger partial charge in [0.15, 0.2) is 5.75 Å². The van der Waals surface area contributed by atoms with Gasteiger partial charge in [-0.05, 0) is 24.6 Å². The van der Waals surface area contributed by atoms with Crippen molar-refractivity contribution in [2.45, 2.75) is 12.5 Å². The zero-order valence-electron chi connectivity index (χ0n) is 7.59. The largest absolute Gasteiger partial charge is 0.505 e. The van der Waals surface area contributed by atoms with Gasteiger partial charge in [0.2, 0.25) is 0 Å². The topological polar surface area (TPSA) is 66.5 Å². The Morgan fingerprint density at radius 2 is 1.79 bits per heavy atom. The molecule has 1 atom stereocenters. The van der Waals surface area contributed by atoms with E-state index in [9.17, 15) is 5.11 Å². The predicted octanol–water partition coefficient (Wildman–Crippen LogP) is 1.87. The van der Waals surface area contributed by atoms with E-state index < -0.39 is 5.54 Å².